The number of ether oxygens (including phenoxy) is 1. The molecule has 4 rings (SSSR count). The summed E-state index contributed by atoms with van der Waals surface area (Å²) in [5.41, 5.74) is 2.93. The van der Waals surface area contributed by atoms with E-state index in [-0.39, 0.29) is 22.1 Å². The van der Waals surface area contributed by atoms with Crippen molar-refractivity contribution in [3.8, 4) is 11.5 Å². The highest BCUT2D eigenvalue weighted by molar-refractivity contribution is 7.92. The van der Waals surface area contributed by atoms with Crippen LogP contribution in [0.3, 0.4) is 0 Å². The maximum absolute atomic E-state index is 13.0. The van der Waals surface area contributed by atoms with E-state index in [1.165, 1.54) is 24.3 Å². The van der Waals surface area contributed by atoms with Crippen molar-refractivity contribution in [1.29, 1.82) is 0 Å². The number of fused-ring (bicyclic) bond motifs is 2. The van der Waals surface area contributed by atoms with Gasteiger partial charge in [0.05, 0.1) is 16.1 Å². The van der Waals surface area contributed by atoms with Gasteiger partial charge in [-0.3, -0.25) is 14.3 Å². The summed E-state index contributed by atoms with van der Waals surface area (Å²) in [6.07, 6.45) is 0.320. The Morgan fingerprint density at radius 2 is 1.70 bits per heavy atom. The van der Waals surface area contributed by atoms with Crippen molar-refractivity contribution >= 4 is 38.9 Å². The molecule has 0 saturated heterocycles. The van der Waals surface area contributed by atoms with Crippen LogP contribution in [0.2, 0.25) is 0 Å². The average molecular weight is 466 g/mol. The molecule has 8 nitrogen and oxygen atoms in total. The van der Waals surface area contributed by atoms with E-state index in [1.54, 1.807) is 38.1 Å². The van der Waals surface area contributed by atoms with Gasteiger partial charge in [0.1, 0.15) is 5.75 Å². The van der Waals surface area contributed by atoms with E-state index < -0.39 is 15.9 Å². The van der Waals surface area contributed by atoms with Crippen molar-refractivity contribution in [2.75, 3.05) is 15.4 Å². The van der Waals surface area contributed by atoms with Crippen LogP contribution in [0.1, 0.15) is 34.8 Å². The molecule has 0 radical (unpaired) electrons. The minimum absolute atomic E-state index is 0.0653. The second kappa shape index (κ2) is 8.59. The fourth-order valence-electron chi connectivity index (χ4n) is 3.49. The fourth-order valence-corrected chi connectivity index (χ4v) is 4.76. The summed E-state index contributed by atoms with van der Waals surface area (Å²) >= 11 is 0. The Labute approximate surface area is 192 Å². The lowest BCUT2D eigenvalue weighted by molar-refractivity contribution is -0.115. The smallest absolute Gasteiger partial charge is 0.262 e. The highest BCUT2D eigenvalue weighted by Crippen LogP contribution is 2.37. The molecule has 1 aliphatic heterocycles. The number of hydrogen-bond acceptors (Lipinski definition) is 5. The first kappa shape index (κ1) is 22.3. The number of amides is 2. The van der Waals surface area contributed by atoms with E-state index in [0.29, 0.717) is 34.9 Å². The van der Waals surface area contributed by atoms with Crippen LogP contribution in [0.5, 0.6) is 11.5 Å². The van der Waals surface area contributed by atoms with Crippen LogP contribution < -0.4 is 20.1 Å². The minimum Gasteiger partial charge on any atom is -0.454 e. The molecule has 9 heteroatoms. The third-order valence-corrected chi connectivity index (χ3v) is 6.69. The molecule has 0 fully saturated rings. The normalized spacial score (nSPS) is 12.5. The topological polar surface area (TPSA) is 114 Å². The van der Waals surface area contributed by atoms with E-state index in [1.807, 2.05) is 13.0 Å². The number of carbonyl (C=O) groups excluding carboxylic acids is 2. The molecule has 0 bridgehead atoms. The van der Waals surface area contributed by atoms with E-state index in [0.717, 1.165) is 5.56 Å². The molecule has 0 saturated carbocycles. The van der Waals surface area contributed by atoms with Gasteiger partial charge in [-0.2, -0.15) is 0 Å². The Hall–Kier alpha value is -3.85. The molecular formula is C24H23N3O5S. The lowest BCUT2D eigenvalue weighted by Gasteiger charge is -2.13. The zero-order valence-electron chi connectivity index (χ0n) is 18.4. The van der Waals surface area contributed by atoms with Crippen molar-refractivity contribution in [1.82, 2.24) is 0 Å². The van der Waals surface area contributed by atoms with Crippen LogP contribution in [0.25, 0.3) is 0 Å². The van der Waals surface area contributed by atoms with Gasteiger partial charge in [0.2, 0.25) is 5.91 Å². The number of anilines is 3. The monoisotopic (exact) mass is 465 g/mol. The van der Waals surface area contributed by atoms with Crippen LogP contribution in [0.4, 0.5) is 17.1 Å². The first-order chi connectivity index (χ1) is 15.7. The molecule has 3 N–H and O–H groups in total. The molecule has 0 spiro atoms. The highest BCUT2D eigenvalue weighted by Gasteiger charge is 2.23. The number of aryl methyl sites for hydroxylation is 2. The summed E-state index contributed by atoms with van der Waals surface area (Å²) in [6.45, 7) is 5.29. The Morgan fingerprint density at radius 3 is 2.42 bits per heavy atom. The predicted molar refractivity (Wildman–Crippen MR) is 127 cm³/mol. The van der Waals surface area contributed by atoms with Crippen molar-refractivity contribution in [2.45, 2.75) is 32.1 Å². The zero-order chi connectivity index (χ0) is 23.8. The van der Waals surface area contributed by atoms with E-state index in [4.69, 9.17) is 4.74 Å². The third kappa shape index (κ3) is 4.68. The van der Waals surface area contributed by atoms with Crippen molar-refractivity contribution in [2.24, 2.45) is 0 Å². The largest absolute Gasteiger partial charge is 0.454 e. The maximum Gasteiger partial charge on any atom is 0.262 e. The molecule has 0 aliphatic carbocycles. The minimum atomic E-state index is -3.94. The molecule has 0 aromatic heterocycles. The summed E-state index contributed by atoms with van der Waals surface area (Å²) in [5, 5.41) is 5.51. The Balaban J connectivity index is 1.60. The molecule has 1 heterocycles. The number of nitrogens with one attached hydrogen (secondary N) is 3. The molecule has 33 heavy (non-hydrogen) atoms. The average Bonchev–Trinajstić information content (AvgIpc) is 2.88. The first-order valence-electron chi connectivity index (χ1n) is 10.3. The molecule has 2 amide bonds. The molecule has 3 aromatic carbocycles. The fraction of sp³-hybridized carbons (Fsp3) is 0.167. The second-order valence-corrected chi connectivity index (χ2v) is 9.41. The second-order valence-electron chi connectivity index (χ2n) is 7.75. The summed E-state index contributed by atoms with van der Waals surface area (Å²) in [4.78, 5) is 24.4. The van der Waals surface area contributed by atoms with E-state index >= 15 is 0 Å². The van der Waals surface area contributed by atoms with E-state index in [2.05, 4.69) is 15.4 Å². The molecule has 0 atom stereocenters. The summed E-state index contributed by atoms with van der Waals surface area (Å²) in [7, 11) is -3.94. The van der Waals surface area contributed by atoms with Gasteiger partial charge in [-0.1, -0.05) is 13.0 Å². The van der Waals surface area contributed by atoms with Crippen LogP contribution >= 0.6 is 0 Å². The Morgan fingerprint density at radius 1 is 0.970 bits per heavy atom. The van der Waals surface area contributed by atoms with Gasteiger partial charge >= 0.3 is 0 Å². The predicted octanol–water partition coefficient (Wildman–Crippen LogP) is 4.81. The van der Waals surface area contributed by atoms with Crippen LogP contribution in [-0.4, -0.2) is 20.2 Å². The van der Waals surface area contributed by atoms with Crippen molar-refractivity contribution in [3.05, 3.63) is 71.3 Å². The lowest BCUT2D eigenvalue weighted by atomic mass is 10.1. The number of hydrogen-bond donors (Lipinski definition) is 3. The molecule has 3 aromatic rings. The third-order valence-electron chi connectivity index (χ3n) is 5.15. The number of carbonyl (C=O) groups is 2. The molecular weight excluding hydrogens is 442 g/mol. The Kier molecular flexibility index (Phi) is 5.82. The van der Waals surface area contributed by atoms with Gasteiger partial charge in [-0.15, -0.1) is 0 Å². The van der Waals surface area contributed by atoms with E-state index in [9.17, 15) is 18.0 Å². The lowest BCUT2D eigenvalue weighted by Crippen LogP contribution is -2.16. The summed E-state index contributed by atoms with van der Waals surface area (Å²) in [6, 6.07) is 14.5. The standard InChI is InChI=1S/C24H23N3O5S/c1-4-23(28)25-16-7-10-22(15(3)12-16)33(30,31)27-17-6-9-20-18(13-17)24(29)26-19-11-14(2)5-8-21(19)32-20/h5-13,27H,4H2,1-3H3,(H,25,28)(H,26,29). The number of benzene rings is 3. The van der Waals surface area contributed by atoms with Crippen LogP contribution in [-0.2, 0) is 14.8 Å². The van der Waals surface area contributed by atoms with Gasteiger partial charge in [-0.05, 0) is 73.5 Å². The molecule has 1 aliphatic rings. The highest BCUT2D eigenvalue weighted by atomic mass is 32.2. The van der Waals surface area contributed by atoms with Crippen LogP contribution in [0, 0.1) is 13.8 Å². The van der Waals surface area contributed by atoms with Gasteiger partial charge in [-0.25, -0.2) is 8.42 Å². The SMILES string of the molecule is CCC(=O)Nc1ccc(S(=O)(=O)Nc2ccc3c(c2)C(=O)Nc2cc(C)ccc2O3)c(C)c1. The summed E-state index contributed by atoms with van der Waals surface area (Å²) in [5.74, 6) is 0.269. The molecule has 170 valence electrons. The van der Waals surface area contributed by atoms with Gasteiger partial charge < -0.3 is 15.4 Å². The van der Waals surface area contributed by atoms with Gasteiger partial charge in [0.15, 0.2) is 5.75 Å². The van der Waals surface area contributed by atoms with Crippen LogP contribution in [0.15, 0.2) is 59.5 Å². The Bertz CT molecular complexity index is 1380. The first-order valence-corrected chi connectivity index (χ1v) is 11.8. The van der Waals surface area contributed by atoms with Gasteiger partial charge in [0, 0.05) is 17.8 Å². The van der Waals surface area contributed by atoms with Crippen molar-refractivity contribution in [3.63, 3.8) is 0 Å². The quantitative estimate of drug-likeness (QED) is 0.500. The maximum atomic E-state index is 13.0. The molecule has 0 unspecified atom stereocenters. The van der Waals surface area contributed by atoms with Gasteiger partial charge in [0.25, 0.3) is 15.9 Å². The van der Waals surface area contributed by atoms with Crippen molar-refractivity contribution < 1.29 is 22.7 Å². The number of sulfonamides is 1. The number of rotatable bonds is 5. The zero-order valence-corrected chi connectivity index (χ0v) is 19.2. The summed E-state index contributed by atoms with van der Waals surface area (Å²) < 4.78 is 34.4.